The number of hydrogen-bond donors (Lipinski definition) is 3. The van der Waals surface area contributed by atoms with E-state index in [-0.39, 0.29) is 5.91 Å². The predicted molar refractivity (Wildman–Crippen MR) is 113 cm³/mol. The Morgan fingerprint density at radius 1 is 1.26 bits per heavy atom. The molecule has 0 saturated carbocycles. The first-order valence-corrected chi connectivity index (χ1v) is 10.1. The highest BCUT2D eigenvalue weighted by Crippen LogP contribution is 2.12. The van der Waals surface area contributed by atoms with Crippen molar-refractivity contribution in [2.45, 2.75) is 45.1 Å². The van der Waals surface area contributed by atoms with Crippen molar-refractivity contribution < 1.29 is 19.2 Å². The third-order valence-electron chi connectivity index (χ3n) is 4.43. The summed E-state index contributed by atoms with van der Waals surface area (Å²) in [5.74, 6) is -0.161. The molecule has 0 radical (unpaired) electrons. The minimum atomic E-state index is -0.510. The molecule has 1 aliphatic rings. The second kappa shape index (κ2) is 11.7. The van der Waals surface area contributed by atoms with Crippen LogP contribution in [0.15, 0.2) is 42.9 Å². The van der Waals surface area contributed by atoms with Gasteiger partial charge in [0, 0.05) is 25.3 Å². The van der Waals surface area contributed by atoms with Gasteiger partial charge in [-0.1, -0.05) is 6.07 Å². The minimum absolute atomic E-state index is 0.185. The van der Waals surface area contributed by atoms with Gasteiger partial charge in [-0.3, -0.25) is 19.6 Å². The zero-order chi connectivity index (χ0) is 21.9. The van der Waals surface area contributed by atoms with Crippen molar-refractivity contribution in [3.63, 3.8) is 0 Å². The molecule has 0 aliphatic carbocycles. The van der Waals surface area contributed by atoms with Crippen molar-refractivity contribution in [2.24, 2.45) is 0 Å². The van der Waals surface area contributed by atoms with E-state index in [1.165, 1.54) is 24.5 Å². The van der Waals surface area contributed by atoms with E-state index in [0.717, 1.165) is 25.0 Å². The van der Waals surface area contributed by atoms with Gasteiger partial charge in [0.15, 0.2) is 6.29 Å². The number of anilines is 1. The van der Waals surface area contributed by atoms with E-state index in [1.54, 1.807) is 13.1 Å². The number of amides is 2. The molecule has 3 heterocycles. The number of hydroxylamine groups is 1. The van der Waals surface area contributed by atoms with Crippen LogP contribution < -0.4 is 16.1 Å². The molecule has 164 valence electrons. The molecule has 2 aromatic heterocycles. The largest absolute Gasteiger partial charge is 0.357 e. The summed E-state index contributed by atoms with van der Waals surface area (Å²) in [5, 5.41) is 5.79. The summed E-state index contributed by atoms with van der Waals surface area (Å²) in [4.78, 5) is 41.8. The molecule has 1 unspecified atom stereocenters. The molecule has 3 N–H and O–H groups in total. The normalized spacial score (nSPS) is 17.1. The quantitative estimate of drug-likeness (QED) is 0.407. The number of nitrogens with zero attached hydrogens (tertiary/aromatic N) is 3. The molecule has 10 heteroatoms. The van der Waals surface area contributed by atoms with Gasteiger partial charge in [-0.05, 0) is 38.0 Å². The summed E-state index contributed by atoms with van der Waals surface area (Å²) in [6.07, 6.45) is 9.85. The second-order valence-electron chi connectivity index (χ2n) is 6.95. The molecule has 3 rings (SSSR count). The van der Waals surface area contributed by atoms with Gasteiger partial charge in [0.25, 0.3) is 5.91 Å². The van der Waals surface area contributed by atoms with E-state index in [9.17, 15) is 9.59 Å². The zero-order valence-electron chi connectivity index (χ0n) is 17.3. The Morgan fingerprint density at radius 3 is 2.87 bits per heavy atom. The molecular formula is C21H26N6O4. The first-order valence-electron chi connectivity index (χ1n) is 10.1. The van der Waals surface area contributed by atoms with E-state index in [1.807, 2.05) is 18.2 Å². The summed E-state index contributed by atoms with van der Waals surface area (Å²) in [5.41, 5.74) is 3.60. The maximum absolute atomic E-state index is 12.2. The summed E-state index contributed by atoms with van der Waals surface area (Å²) < 4.78 is 5.37. The Bertz CT molecular complexity index is 869. The molecule has 0 bridgehead atoms. The second-order valence-corrected chi connectivity index (χ2v) is 6.95. The SMILES string of the molecule is C[C@@H](Nc1cnc(C=CC(=O)NOC2CCCCO2)cn1)C(=O)NCc1ccccn1. The molecule has 2 atom stereocenters. The van der Waals surface area contributed by atoms with Gasteiger partial charge >= 0.3 is 0 Å². The summed E-state index contributed by atoms with van der Waals surface area (Å²) in [7, 11) is 0. The van der Waals surface area contributed by atoms with Gasteiger partial charge in [-0.25, -0.2) is 15.3 Å². The van der Waals surface area contributed by atoms with Crippen molar-refractivity contribution in [1.29, 1.82) is 0 Å². The van der Waals surface area contributed by atoms with Crippen molar-refractivity contribution in [3.8, 4) is 0 Å². The van der Waals surface area contributed by atoms with Crippen LogP contribution in [0.1, 0.15) is 37.6 Å². The van der Waals surface area contributed by atoms with Crippen LogP contribution in [0, 0.1) is 0 Å². The van der Waals surface area contributed by atoms with Crippen molar-refractivity contribution >= 4 is 23.7 Å². The van der Waals surface area contributed by atoms with Crippen LogP contribution in [0.5, 0.6) is 0 Å². The van der Waals surface area contributed by atoms with Crippen molar-refractivity contribution in [1.82, 2.24) is 25.7 Å². The van der Waals surface area contributed by atoms with Gasteiger partial charge in [-0.15, -0.1) is 0 Å². The zero-order valence-corrected chi connectivity index (χ0v) is 17.3. The maximum Gasteiger partial charge on any atom is 0.267 e. The number of pyridine rings is 1. The Morgan fingerprint density at radius 2 is 2.16 bits per heavy atom. The third kappa shape index (κ3) is 7.76. The van der Waals surface area contributed by atoms with E-state index >= 15 is 0 Å². The van der Waals surface area contributed by atoms with E-state index in [4.69, 9.17) is 9.57 Å². The lowest BCUT2D eigenvalue weighted by Gasteiger charge is -2.21. The lowest BCUT2D eigenvalue weighted by atomic mass is 10.2. The molecule has 2 amide bonds. The molecule has 10 nitrogen and oxygen atoms in total. The summed E-state index contributed by atoms with van der Waals surface area (Å²) in [6.45, 7) is 2.71. The van der Waals surface area contributed by atoms with E-state index < -0.39 is 18.2 Å². The highest BCUT2D eigenvalue weighted by molar-refractivity contribution is 5.90. The monoisotopic (exact) mass is 426 g/mol. The Labute approximate surface area is 180 Å². The lowest BCUT2D eigenvalue weighted by Crippen LogP contribution is -2.37. The smallest absolute Gasteiger partial charge is 0.267 e. The van der Waals surface area contributed by atoms with Gasteiger partial charge in [0.05, 0.1) is 30.3 Å². The fourth-order valence-corrected chi connectivity index (χ4v) is 2.74. The van der Waals surface area contributed by atoms with Crippen molar-refractivity contribution in [2.75, 3.05) is 11.9 Å². The molecule has 0 aromatic carbocycles. The number of carbonyl (C=O) groups excluding carboxylic acids is 2. The molecule has 0 spiro atoms. The number of rotatable bonds is 9. The number of hydrogen-bond acceptors (Lipinski definition) is 8. The van der Waals surface area contributed by atoms with Crippen LogP contribution in [-0.4, -0.2) is 45.7 Å². The highest BCUT2D eigenvalue weighted by Gasteiger charge is 2.15. The van der Waals surface area contributed by atoms with E-state index in [2.05, 4.69) is 31.1 Å². The van der Waals surface area contributed by atoms with Crippen LogP contribution in [0.3, 0.4) is 0 Å². The average molecular weight is 426 g/mol. The Kier molecular flexibility index (Phi) is 8.44. The first kappa shape index (κ1) is 22.3. The maximum atomic E-state index is 12.2. The van der Waals surface area contributed by atoms with Crippen LogP contribution in [0.4, 0.5) is 5.82 Å². The molecule has 1 saturated heterocycles. The minimum Gasteiger partial charge on any atom is -0.357 e. The highest BCUT2D eigenvalue weighted by atomic mass is 16.8. The number of nitrogens with one attached hydrogen (secondary N) is 3. The van der Waals surface area contributed by atoms with Gasteiger partial charge in [0.2, 0.25) is 5.91 Å². The van der Waals surface area contributed by atoms with Crippen LogP contribution in [0.25, 0.3) is 6.08 Å². The Balaban J connectivity index is 1.40. The number of carbonyl (C=O) groups is 2. The fourth-order valence-electron chi connectivity index (χ4n) is 2.74. The summed E-state index contributed by atoms with van der Waals surface area (Å²) >= 11 is 0. The van der Waals surface area contributed by atoms with Crippen molar-refractivity contribution in [3.05, 3.63) is 54.3 Å². The first-order chi connectivity index (χ1) is 15.1. The predicted octanol–water partition coefficient (Wildman–Crippen LogP) is 1.58. The average Bonchev–Trinajstić information content (AvgIpc) is 2.82. The van der Waals surface area contributed by atoms with Gasteiger partial charge in [0.1, 0.15) is 11.9 Å². The number of aromatic nitrogens is 3. The van der Waals surface area contributed by atoms with Gasteiger partial charge in [-0.2, -0.15) is 0 Å². The molecule has 1 fully saturated rings. The molecule has 1 aliphatic heterocycles. The topological polar surface area (TPSA) is 127 Å². The van der Waals surface area contributed by atoms with Gasteiger partial charge < -0.3 is 15.4 Å². The molecule has 2 aromatic rings. The Hall–Kier alpha value is -3.37. The third-order valence-corrected chi connectivity index (χ3v) is 4.43. The lowest BCUT2D eigenvalue weighted by molar-refractivity contribution is -0.198. The molecular weight excluding hydrogens is 400 g/mol. The summed E-state index contributed by atoms with van der Waals surface area (Å²) in [6, 6.07) is 5.01. The van der Waals surface area contributed by atoms with Crippen LogP contribution in [0.2, 0.25) is 0 Å². The van der Waals surface area contributed by atoms with E-state index in [0.29, 0.717) is 24.7 Å². The fraction of sp³-hybridized carbons (Fsp3) is 0.381. The number of ether oxygens (including phenoxy) is 1. The van der Waals surface area contributed by atoms with Crippen LogP contribution >= 0.6 is 0 Å². The standard InChI is InChI=1S/C21H26N6O4/c1-15(21(29)25-13-16-6-2-4-10-22-16)26-18-14-23-17(12-24-18)8-9-19(28)27-31-20-7-3-5-11-30-20/h2,4,6,8-10,12,14-15,20H,3,5,7,11,13H2,1H3,(H,24,26)(H,25,29)(H,27,28)/t15-,20?/m1/s1. The molecule has 31 heavy (non-hydrogen) atoms. The van der Waals surface area contributed by atoms with Crippen LogP contribution in [-0.2, 0) is 25.7 Å².